The molecule has 0 aromatic carbocycles. The molecule has 3 unspecified atom stereocenters. The van der Waals surface area contributed by atoms with Gasteiger partial charge in [0.15, 0.2) is 0 Å². The van der Waals surface area contributed by atoms with Gasteiger partial charge in [0, 0.05) is 24.7 Å². The Bertz CT molecular complexity index is 789. The number of primary amides is 1. The highest BCUT2D eigenvalue weighted by Gasteiger charge is 2.25. The molecule has 178 valence electrons. The van der Waals surface area contributed by atoms with Crippen molar-refractivity contribution in [3.05, 3.63) is 18.2 Å². The number of H-pyrrole nitrogens is 1. The summed E-state index contributed by atoms with van der Waals surface area (Å²) >= 11 is 1.47. The van der Waals surface area contributed by atoms with E-state index in [1.54, 1.807) is 0 Å². The smallest absolute Gasteiger partial charge is 0.326 e. The summed E-state index contributed by atoms with van der Waals surface area (Å²) in [5.74, 6) is -3.38. The number of hydrogen-bond acceptors (Lipinski definition) is 8. The molecule has 0 spiro atoms. The van der Waals surface area contributed by atoms with Crippen molar-refractivity contribution < 1.29 is 29.1 Å². The topological polar surface area (TPSA) is 222 Å². The van der Waals surface area contributed by atoms with Crippen LogP contribution in [0.4, 0.5) is 0 Å². The zero-order chi connectivity index (χ0) is 24.1. The average Bonchev–Trinajstić information content (AvgIpc) is 3.24. The van der Waals surface area contributed by atoms with Gasteiger partial charge in [0.2, 0.25) is 23.6 Å². The predicted octanol–water partition coefficient (Wildman–Crippen LogP) is -2.53. The van der Waals surface area contributed by atoms with Gasteiger partial charge in [-0.05, 0) is 24.9 Å². The van der Waals surface area contributed by atoms with E-state index in [-0.39, 0.29) is 19.3 Å². The van der Waals surface area contributed by atoms with Gasteiger partial charge in [-0.25, -0.2) is 9.78 Å². The third-order valence-corrected chi connectivity index (χ3v) is 4.95. The van der Waals surface area contributed by atoms with Crippen LogP contribution in [0.25, 0.3) is 0 Å². The molecule has 0 bridgehead atoms. The van der Waals surface area contributed by atoms with E-state index in [1.807, 2.05) is 6.26 Å². The summed E-state index contributed by atoms with van der Waals surface area (Å²) in [4.78, 5) is 65.6. The molecule has 1 rings (SSSR count). The van der Waals surface area contributed by atoms with Gasteiger partial charge in [-0.1, -0.05) is 0 Å². The molecule has 32 heavy (non-hydrogen) atoms. The van der Waals surface area contributed by atoms with Crippen LogP contribution in [0.2, 0.25) is 0 Å². The Balaban J connectivity index is 2.60. The van der Waals surface area contributed by atoms with Gasteiger partial charge in [-0.15, -0.1) is 0 Å². The maximum atomic E-state index is 12.5. The molecule has 0 aliphatic carbocycles. The Kier molecular flexibility index (Phi) is 11.8. The van der Waals surface area contributed by atoms with Crippen LogP contribution in [0.15, 0.2) is 12.5 Å². The molecular weight excluding hydrogens is 442 g/mol. The van der Waals surface area contributed by atoms with Crippen LogP contribution < -0.4 is 27.4 Å². The number of carbonyl (C=O) groups is 5. The Labute approximate surface area is 188 Å². The lowest BCUT2D eigenvalue weighted by Gasteiger charge is -2.20. The van der Waals surface area contributed by atoms with Crippen molar-refractivity contribution >= 4 is 41.4 Å². The monoisotopic (exact) mass is 471 g/mol. The Morgan fingerprint density at radius 2 is 1.88 bits per heavy atom. The number of amides is 4. The number of thioether (sulfide) groups is 1. The van der Waals surface area contributed by atoms with E-state index in [0.29, 0.717) is 17.9 Å². The van der Waals surface area contributed by atoms with Crippen molar-refractivity contribution in [2.45, 2.75) is 43.8 Å². The zero-order valence-electron chi connectivity index (χ0n) is 17.6. The molecule has 1 heterocycles. The number of aromatic nitrogens is 2. The molecule has 3 atom stereocenters. The van der Waals surface area contributed by atoms with Gasteiger partial charge in [0.1, 0.15) is 12.1 Å². The van der Waals surface area contributed by atoms with Crippen molar-refractivity contribution in [2.75, 3.05) is 18.6 Å². The fourth-order valence-corrected chi connectivity index (χ4v) is 3.06. The SMILES string of the molecule is CSCCC(NC(=O)C(N)Cc1cnc[nH]1)C(=O)NCC(=O)NC(CCC(N)=O)C(=O)O. The first-order valence-corrected chi connectivity index (χ1v) is 11.1. The fourth-order valence-electron chi connectivity index (χ4n) is 2.59. The first-order valence-electron chi connectivity index (χ1n) is 9.74. The van der Waals surface area contributed by atoms with E-state index >= 15 is 0 Å². The molecule has 1 aromatic heterocycles. The molecule has 0 aliphatic rings. The molecule has 0 fully saturated rings. The second-order valence-corrected chi connectivity index (χ2v) is 7.90. The van der Waals surface area contributed by atoms with Gasteiger partial charge in [0.25, 0.3) is 0 Å². The van der Waals surface area contributed by atoms with E-state index in [4.69, 9.17) is 16.6 Å². The molecule has 4 amide bonds. The molecule has 0 saturated heterocycles. The van der Waals surface area contributed by atoms with Crippen LogP contribution in [0.3, 0.4) is 0 Å². The fraction of sp³-hybridized carbons (Fsp3) is 0.556. The van der Waals surface area contributed by atoms with E-state index in [2.05, 4.69) is 25.9 Å². The molecule has 13 nitrogen and oxygen atoms in total. The maximum Gasteiger partial charge on any atom is 0.326 e. The third-order valence-electron chi connectivity index (χ3n) is 4.31. The van der Waals surface area contributed by atoms with E-state index in [0.717, 1.165) is 0 Å². The third kappa shape index (κ3) is 10.3. The lowest BCUT2D eigenvalue weighted by Crippen LogP contribution is -2.54. The normalized spacial score (nSPS) is 13.4. The van der Waals surface area contributed by atoms with E-state index < -0.39 is 54.3 Å². The van der Waals surface area contributed by atoms with Crippen molar-refractivity contribution in [3.8, 4) is 0 Å². The van der Waals surface area contributed by atoms with Gasteiger partial charge in [-0.3, -0.25) is 19.2 Å². The number of aromatic amines is 1. The van der Waals surface area contributed by atoms with Gasteiger partial charge in [0.05, 0.1) is 18.9 Å². The Hall–Kier alpha value is -3.13. The van der Waals surface area contributed by atoms with Crippen molar-refractivity contribution in [3.63, 3.8) is 0 Å². The summed E-state index contributed by atoms with van der Waals surface area (Å²) in [5, 5.41) is 16.3. The number of imidazole rings is 1. The summed E-state index contributed by atoms with van der Waals surface area (Å²) in [6.45, 7) is -0.509. The summed E-state index contributed by atoms with van der Waals surface area (Å²) in [6, 6.07) is -3.16. The molecule has 1 aromatic rings. The molecule has 9 N–H and O–H groups in total. The van der Waals surface area contributed by atoms with Gasteiger partial charge < -0.3 is 37.5 Å². The number of aliphatic carboxylic acids is 1. The van der Waals surface area contributed by atoms with E-state index in [1.165, 1.54) is 24.3 Å². The van der Waals surface area contributed by atoms with Crippen LogP contribution in [0.5, 0.6) is 0 Å². The number of hydrogen-bond donors (Lipinski definition) is 7. The number of nitrogens with two attached hydrogens (primary N) is 2. The van der Waals surface area contributed by atoms with E-state index in [9.17, 15) is 24.0 Å². The maximum absolute atomic E-state index is 12.5. The number of nitrogens with zero attached hydrogens (tertiary/aromatic N) is 1. The van der Waals surface area contributed by atoms with Crippen LogP contribution in [-0.4, -0.2) is 81.4 Å². The largest absolute Gasteiger partial charge is 0.480 e. The van der Waals surface area contributed by atoms with Gasteiger partial charge in [-0.2, -0.15) is 11.8 Å². The van der Waals surface area contributed by atoms with Gasteiger partial charge >= 0.3 is 5.97 Å². The minimum atomic E-state index is -1.33. The summed E-state index contributed by atoms with van der Waals surface area (Å²) < 4.78 is 0. The first-order chi connectivity index (χ1) is 15.1. The number of carbonyl (C=O) groups excluding carboxylic acids is 4. The van der Waals surface area contributed by atoms with Crippen molar-refractivity contribution in [2.24, 2.45) is 11.5 Å². The zero-order valence-corrected chi connectivity index (χ0v) is 18.4. The number of rotatable bonds is 15. The molecule has 0 saturated carbocycles. The molecule has 14 heteroatoms. The number of nitrogens with one attached hydrogen (secondary N) is 4. The standard InChI is InChI=1S/C18H29N7O6S/c1-32-5-4-12(25-16(28)11(19)6-10-7-21-9-23-10)17(29)22-8-15(27)24-13(18(30)31)2-3-14(20)26/h7,9,11-13H,2-6,8,19H2,1H3,(H2,20,26)(H,21,23)(H,22,29)(H,24,27)(H,25,28)(H,30,31). The predicted molar refractivity (Wildman–Crippen MR) is 116 cm³/mol. The number of carboxylic acid groups (broad SMARTS) is 1. The quantitative estimate of drug-likeness (QED) is 0.143. The van der Waals surface area contributed by atoms with Crippen LogP contribution in [0.1, 0.15) is 25.0 Å². The summed E-state index contributed by atoms with van der Waals surface area (Å²) in [5.41, 5.74) is 11.5. The highest BCUT2D eigenvalue weighted by atomic mass is 32.2. The summed E-state index contributed by atoms with van der Waals surface area (Å²) in [7, 11) is 0. The molecule has 0 radical (unpaired) electrons. The Morgan fingerprint density at radius 1 is 1.16 bits per heavy atom. The van der Waals surface area contributed by atoms with Crippen molar-refractivity contribution in [1.82, 2.24) is 25.9 Å². The average molecular weight is 472 g/mol. The minimum absolute atomic E-state index is 0.176. The lowest BCUT2D eigenvalue weighted by molar-refractivity contribution is -0.142. The highest BCUT2D eigenvalue weighted by molar-refractivity contribution is 7.98. The molecule has 0 aliphatic heterocycles. The second-order valence-electron chi connectivity index (χ2n) is 6.91. The summed E-state index contributed by atoms with van der Waals surface area (Å²) in [6.07, 6.45) is 4.95. The number of carboxylic acids is 1. The van der Waals surface area contributed by atoms with Crippen molar-refractivity contribution in [1.29, 1.82) is 0 Å². The Morgan fingerprint density at radius 3 is 2.44 bits per heavy atom. The van der Waals surface area contributed by atoms with Crippen LogP contribution in [-0.2, 0) is 30.4 Å². The second kappa shape index (κ2) is 14.0. The first kappa shape index (κ1) is 26.9. The molecular formula is C18H29N7O6S. The van der Waals surface area contributed by atoms with Crippen LogP contribution in [0, 0.1) is 0 Å². The lowest BCUT2D eigenvalue weighted by atomic mass is 10.1. The highest BCUT2D eigenvalue weighted by Crippen LogP contribution is 2.03. The van der Waals surface area contributed by atoms with Crippen LogP contribution >= 0.6 is 11.8 Å². The minimum Gasteiger partial charge on any atom is -0.480 e.